The number of carbonyl (C=O) groups excluding carboxylic acids is 2. The van der Waals surface area contributed by atoms with Crippen LogP contribution in [0.15, 0.2) is 42.5 Å². The smallest absolute Gasteiger partial charge is 0.320 e. The SMILES string of the molecule is Cc1cc(C)cc(NC(=O)Cc2ccc(OC(SCC[C@@H](N)C(=O)O)C(=O)C3CCCC3)cc2)c1. The topological polar surface area (TPSA) is 119 Å². The molecular weight excluding hydrogens is 464 g/mol. The van der Waals surface area contributed by atoms with Crippen LogP contribution in [0.2, 0.25) is 0 Å². The highest BCUT2D eigenvalue weighted by Crippen LogP contribution is 2.31. The van der Waals surface area contributed by atoms with E-state index in [4.69, 9.17) is 15.6 Å². The molecule has 0 spiro atoms. The summed E-state index contributed by atoms with van der Waals surface area (Å²) in [5.74, 6) is -0.185. The Morgan fingerprint density at radius 2 is 1.71 bits per heavy atom. The molecule has 1 fully saturated rings. The van der Waals surface area contributed by atoms with Crippen molar-refractivity contribution in [3.8, 4) is 5.75 Å². The monoisotopic (exact) mass is 498 g/mol. The maximum Gasteiger partial charge on any atom is 0.320 e. The zero-order valence-corrected chi connectivity index (χ0v) is 21.1. The predicted molar refractivity (Wildman–Crippen MR) is 139 cm³/mol. The number of ether oxygens (including phenoxy) is 1. The second kappa shape index (κ2) is 12.7. The van der Waals surface area contributed by atoms with E-state index in [1.54, 1.807) is 12.1 Å². The van der Waals surface area contributed by atoms with Gasteiger partial charge in [-0.05, 0) is 79.8 Å². The van der Waals surface area contributed by atoms with Crippen molar-refractivity contribution < 1.29 is 24.2 Å². The number of amides is 1. The summed E-state index contributed by atoms with van der Waals surface area (Å²) in [6.07, 6.45) is 4.28. The van der Waals surface area contributed by atoms with Gasteiger partial charge >= 0.3 is 5.97 Å². The first-order chi connectivity index (χ1) is 16.7. The summed E-state index contributed by atoms with van der Waals surface area (Å²) in [5.41, 5.74) is 8.68. The van der Waals surface area contributed by atoms with Crippen LogP contribution < -0.4 is 15.8 Å². The lowest BCUT2D eigenvalue weighted by molar-refractivity contribution is -0.138. The number of hydrogen-bond donors (Lipinski definition) is 3. The van der Waals surface area contributed by atoms with Crippen molar-refractivity contribution in [2.45, 2.75) is 63.9 Å². The average molecular weight is 499 g/mol. The Morgan fingerprint density at radius 1 is 1.09 bits per heavy atom. The number of hydrogen-bond acceptors (Lipinski definition) is 6. The zero-order chi connectivity index (χ0) is 25.4. The molecule has 2 aromatic rings. The van der Waals surface area contributed by atoms with E-state index in [-0.39, 0.29) is 30.4 Å². The van der Waals surface area contributed by atoms with E-state index in [9.17, 15) is 14.4 Å². The molecule has 1 amide bonds. The maximum absolute atomic E-state index is 13.0. The van der Waals surface area contributed by atoms with Crippen LogP contribution >= 0.6 is 11.8 Å². The van der Waals surface area contributed by atoms with Crippen LogP contribution in [0.25, 0.3) is 0 Å². The van der Waals surface area contributed by atoms with Crippen molar-refractivity contribution in [2.75, 3.05) is 11.1 Å². The quantitative estimate of drug-likeness (QED) is 0.369. The number of rotatable bonds is 12. The van der Waals surface area contributed by atoms with E-state index >= 15 is 0 Å². The molecule has 3 rings (SSSR count). The Kier molecular flexibility index (Phi) is 9.74. The summed E-state index contributed by atoms with van der Waals surface area (Å²) in [5, 5.41) is 11.9. The first-order valence-corrected chi connectivity index (χ1v) is 13.0. The predicted octanol–water partition coefficient (Wildman–Crippen LogP) is 4.48. The number of carboxylic acid groups (broad SMARTS) is 1. The van der Waals surface area contributed by atoms with Gasteiger partial charge in [0.05, 0.1) is 6.42 Å². The van der Waals surface area contributed by atoms with Crippen LogP contribution in [0.1, 0.15) is 48.8 Å². The summed E-state index contributed by atoms with van der Waals surface area (Å²) in [6, 6.07) is 12.1. The van der Waals surface area contributed by atoms with Gasteiger partial charge < -0.3 is 20.9 Å². The second-order valence-corrected chi connectivity index (χ2v) is 10.4. The molecule has 188 valence electrons. The molecular formula is C27H34N2O5S. The van der Waals surface area contributed by atoms with Gasteiger partial charge in [0.15, 0.2) is 5.78 Å². The first kappa shape index (κ1) is 26.8. The van der Waals surface area contributed by atoms with Crippen LogP contribution in [0.5, 0.6) is 5.75 Å². The highest BCUT2D eigenvalue weighted by molar-refractivity contribution is 8.00. The molecule has 1 aliphatic carbocycles. The number of carboxylic acids is 1. The van der Waals surface area contributed by atoms with Gasteiger partial charge in [-0.3, -0.25) is 14.4 Å². The molecule has 7 nitrogen and oxygen atoms in total. The summed E-state index contributed by atoms with van der Waals surface area (Å²) < 4.78 is 6.04. The Labute approximate surface area is 210 Å². The van der Waals surface area contributed by atoms with E-state index in [2.05, 4.69) is 11.4 Å². The fourth-order valence-electron chi connectivity index (χ4n) is 4.25. The van der Waals surface area contributed by atoms with E-state index < -0.39 is 17.4 Å². The van der Waals surface area contributed by atoms with Crippen LogP contribution in [0.4, 0.5) is 5.69 Å². The average Bonchev–Trinajstić information content (AvgIpc) is 3.33. The van der Waals surface area contributed by atoms with Gasteiger partial charge in [0.2, 0.25) is 11.3 Å². The van der Waals surface area contributed by atoms with E-state index in [0.29, 0.717) is 11.5 Å². The maximum atomic E-state index is 13.0. The lowest BCUT2D eigenvalue weighted by Gasteiger charge is -2.21. The van der Waals surface area contributed by atoms with Gasteiger partial charge in [-0.15, -0.1) is 11.8 Å². The molecule has 0 aromatic heterocycles. The van der Waals surface area contributed by atoms with Crippen molar-refractivity contribution in [1.82, 2.24) is 0 Å². The number of ketones is 1. The highest BCUT2D eigenvalue weighted by atomic mass is 32.2. The molecule has 0 bridgehead atoms. The number of carbonyl (C=O) groups is 3. The Hall–Kier alpha value is -2.84. The van der Waals surface area contributed by atoms with E-state index in [1.165, 1.54) is 11.8 Å². The minimum atomic E-state index is -1.05. The van der Waals surface area contributed by atoms with Crippen molar-refractivity contribution in [2.24, 2.45) is 11.7 Å². The number of Topliss-reactive ketones (excluding diaryl/α,β-unsaturated/α-hetero) is 1. The molecule has 2 atom stereocenters. The van der Waals surface area contributed by atoms with Crippen LogP contribution in [-0.2, 0) is 20.8 Å². The fraction of sp³-hybridized carbons (Fsp3) is 0.444. The third kappa shape index (κ3) is 8.40. The molecule has 0 heterocycles. The summed E-state index contributed by atoms with van der Waals surface area (Å²) in [6.45, 7) is 3.98. The Bertz CT molecular complexity index is 1010. The molecule has 0 saturated heterocycles. The fourth-order valence-corrected chi connectivity index (χ4v) is 5.39. The van der Waals surface area contributed by atoms with Crippen LogP contribution in [0, 0.1) is 19.8 Å². The van der Waals surface area contributed by atoms with Crippen molar-refractivity contribution in [1.29, 1.82) is 0 Å². The first-order valence-electron chi connectivity index (χ1n) is 12.0. The third-order valence-electron chi connectivity index (χ3n) is 6.04. The molecule has 1 unspecified atom stereocenters. The Balaban J connectivity index is 1.59. The standard InChI is InChI=1S/C27H34N2O5S/c1-17-13-18(2)15-21(14-17)29-24(30)16-19-7-9-22(10-8-19)34-27(25(31)20-5-3-4-6-20)35-12-11-23(28)26(32)33/h7-10,13-15,20,23,27H,3-6,11-12,16,28H2,1-2H3,(H,29,30)(H,32,33)/t23-,27?/m1/s1. The molecule has 35 heavy (non-hydrogen) atoms. The highest BCUT2D eigenvalue weighted by Gasteiger charge is 2.31. The normalized spacial score (nSPS) is 15.4. The van der Waals surface area contributed by atoms with Gasteiger partial charge in [-0.1, -0.05) is 31.0 Å². The van der Waals surface area contributed by atoms with Gasteiger partial charge in [0.1, 0.15) is 11.8 Å². The molecule has 1 saturated carbocycles. The van der Waals surface area contributed by atoms with Crippen molar-refractivity contribution in [3.05, 3.63) is 59.2 Å². The molecule has 0 radical (unpaired) electrons. The van der Waals surface area contributed by atoms with E-state index in [1.807, 2.05) is 38.1 Å². The summed E-state index contributed by atoms with van der Waals surface area (Å²) in [4.78, 5) is 36.5. The van der Waals surface area contributed by atoms with Gasteiger partial charge in [0, 0.05) is 11.6 Å². The minimum Gasteiger partial charge on any atom is -0.480 e. The van der Waals surface area contributed by atoms with Crippen LogP contribution in [-0.4, -0.2) is 40.0 Å². The lowest BCUT2D eigenvalue weighted by atomic mass is 10.0. The van der Waals surface area contributed by atoms with Gasteiger partial charge in [0.25, 0.3) is 0 Å². The largest absolute Gasteiger partial charge is 0.480 e. The van der Waals surface area contributed by atoms with Crippen molar-refractivity contribution >= 4 is 35.1 Å². The van der Waals surface area contributed by atoms with Gasteiger partial charge in [-0.25, -0.2) is 0 Å². The molecule has 0 aliphatic heterocycles. The summed E-state index contributed by atoms with van der Waals surface area (Å²) in [7, 11) is 0. The van der Waals surface area contributed by atoms with Gasteiger partial charge in [-0.2, -0.15) is 0 Å². The molecule has 4 N–H and O–H groups in total. The lowest BCUT2D eigenvalue weighted by Crippen LogP contribution is -2.33. The second-order valence-electron chi connectivity index (χ2n) is 9.18. The van der Waals surface area contributed by atoms with Crippen molar-refractivity contribution in [3.63, 3.8) is 0 Å². The number of aliphatic carboxylic acids is 1. The molecule has 8 heteroatoms. The van der Waals surface area contributed by atoms with E-state index in [0.717, 1.165) is 48.1 Å². The number of aryl methyl sites for hydroxylation is 2. The summed E-state index contributed by atoms with van der Waals surface area (Å²) >= 11 is 1.30. The minimum absolute atomic E-state index is 0.0196. The molecule has 2 aromatic carbocycles. The Morgan fingerprint density at radius 3 is 2.31 bits per heavy atom. The molecule has 1 aliphatic rings. The third-order valence-corrected chi connectivity index (χ3v) is 7.14. The number of nitrogens with one attached hydrogen (secondary N) is 1. The van der Waals surface area contributed by atoms with Crippen LogP contribution in [0.3, 0.4) is 0 Å². The number of thioether (sulfide) groups is 1. The number of nitrogens with two attached hydrogens (primary N) is 1. The zero-order valence-electron chi connectivity index (χ0n) is 20.3. The number of anilines is 1. The number of benzene rings is 2.